The quantitative estimate of drug-likeness (QED) is 0.335. The number of rotatable bonds is 16. The number of hydrogen-bond acceptors (Lipinski definition) is 3. The standard InChI is InChI=1S/C17H33NO3/c1-2-3-4-5-6-7-8-9-10-11-14-18-16(15-19)12-13-17(20)21/h15-16,18H,2-14H2,1H3,(H,20,21)/t16-/m0/s1. The van der Waals surface area contributed by atoms with Gasteiger partial charge in [0.25, 0.3) is 0 Å². The highest BCUT2D eigenvalue weighted by atomic mass is 16.4. The number of unbranched alkanes of at least 4 members (excludes halogenated alkanes) is 9. The van der Waals surface area contributed by atoms with Gasteiger partial charge in [-0.25, -0.2) is 0 Å². The molecule has 21 heavy (non-hydrogen) atoms. The minimum Gasteiger partial charge on any atom is -0.481 e. The third-order valence-electron chi connectivity index (χ3n) is 3.77. The first-order valence-electron chi connectivity index (χ1n) is 8.61. The van der Waals surface area contributed by atoms with Gasteiger partial charge in [0.05, 0.1) is 6.04 Å². The number of carbonyl (C=O) groups excluding carboxylic acids is 1. The Morgan fingerprint density at radius 2 is 1.52 bits per heavy atom. The molecule has 0 aliphatic carbocycles. The van der Waals surface area contributed by atoms with Gasteiger partial charge in [0.2, 0.25) is 0 Å². The van der Waals surface area contributed by atoms with Crippen LogP contribution in [0.3, 0.4) is 0 Å². The molecule has 0 bridgehead atoms. The Morgan fingerprint density at radius 1 is 1.00 bits per heavy atom. The van der Waals surface area contributed by atoms with Gasteiger partial charge in [-0.2, -0.15) is 0 Å². The number of nitrogens with one attached hydrogen (secondary N) is 1. The molecule has 0 heterocycles. The molecule has 0 spiro atoms. The average Bonchev–Trinajstić information content (AvgIpc) is 2.47. The summed E-state index contributed by atoms with van der Waals surface area (Å²) in [6.07, 6.45) is 14.2. The average molecular weight is 299 g/mol. The first kappa shape index (κ1) is 20.1. The molecule has 124 valence electrons. The molecule has 0 unspecified atom stereocenters. The molecule has 0 aliphatic heterocycles. The summed E-state index contributed by atoms with van der Waals surface area (Å²) in [6.45, 7) is 3.05. The van der Waals surface area contributed by atoms with E-state index < -0.39 is 5.97 Å². The van der Waals surface area contributed by atoms with Gasteiger partial charge in [-0.1, -0.05) is 64.7 Å². The fourth-order valence-electron chi connectivity index (χ4n) is 2.40. The van der Waals surface area contributed by atoms with E-state index >= 15 is 0 Å². The van der Waals surface area contributed by atoms with Crippen molar-refractivity contribution < 1.29 is 14.7 Å². The molecule has 0 saturated carbocycles. The second kappa shape index (κ2) is 15.5. The van der Waals surface area contributed by atoms with E-state index in [0.29, 0.717) is 6.42 Å². The first-order chi connectivity index (χ1) is 10.2. The lowest BCUT2D eigenvalue weighted by Crippen LogP contribution is -2.31. The van der Waals surface area contributed by atoms with Crippen LogP contribution in [0.1, 0.15) is 84.0 Å². The number of aldehydes is 1. The van der Waals surface area contributed by atoms with Gasteiger partial charge in [0, 0.05) is 6.42 Å². The number of carboxylic acids is 1. The fraction of sp³-hybridized carbons (Fsp3) is 0.882. The maximum atomic E-state index is 10.8. The smallest absolute Gasteiger partial charge is 0.303 e. The summed E-state index contributed by atoms with van der Waals surface area (Å²) < 4.78 is 0. The Bertz CT molecular complexity index is 256. The molecule has 0 aromatic carbocycles. The van der Waals surface area contributed by atoms with E-state index in [1.165, 1.54) is 57.8 Å². The van der Waals surface area contributed by atoms with Gasteiger partial charge in [-0.05, 0) is 19.4 Å². The lowest BCUT2D eigenvalue weighted by atomic mass is 10.1. The summed E-state index contributed by atoms with van der Waals surface area (Å²) in [4.78, 5) is 21.2. The Kier molecular flexibility index (Phi) is 14.8. The third-order valence-corrected chi connectivity index (χ3v) is 3.77. The van der Waals surface area contributed by atoms with Crippen LogP contribution in [0.25, 0.3) is 0 Å². The zero-order chi connectivity index (χ0) is 15.8. The van der Waals surface area contributed by atoms with Crippen LogP contribution in [-0.2, 0) is 9.59 Å². The second-order valence-electron chi connectivity index (χ2n) is 5.81. The summed E-state index contributed by atoms with van der Waals surface area (Å²) in [7, 11) is 0. The van der Waals surface area contributed by atoms with Crippen molar-refractivity contribution in [2.45, 2.75) is 90.0 Å². The molecule has 1 atom stereocenters. The third kappa shape index (κ3) is 15.3. The van der Waals surface area contributed by atoms with Crippen LogP contribution in [0.2, 0.25) is 0 Å². The van der Waals surface area contributed by atoms with Gasteiger partial charge in [0.15, 0.2) is 0 Å². The number of hydrogen-bond donors (Lipinski definition) is 2. The van der Waals surface area contributed by atoms with Gasteiger partial charge < -0.3 is 15.2 Å². The van der Waals surface area contributed by atoms with Crippen LogP contribution in [-0.4, -0.2) is 29.9 Å². The maximum Gasteiger partial charge on any atom is 0.303 e. The minimum absolute atomic E-state index is 0.0500. The lowest BCUT2D eigenvalue weighted by Gasteiger charge is -2.11. The molecule has 4 heteroatoms. The van der Waals surface area contributed by atoms with E-state index in [9.17, 15) is 9.59 Å². The minimum atomic E-state index is -0.845. The molecule has 4 nitrogen and oxygen atoms in total. The molecular formula is C17H33NO3. The van der Waals surface area contributed by atoms with Gasteiger partial charge >= 0.3 is 5.97 Å². The predicted molar refractivity (Wildman–Crippen MR) is 86.6 cm³/mol. The molecule has 0 aliphatic rings. The van der Waals surface area contributed by atoms with Crippen LogP contribution in [0.15, 0.2) is 0 Å². The van der Waals surface area contributed by atoms with Crippen molar-refractivity contribution in [3.05, 3.63) is 0 Å². The lowest BCUT2D eigenvalue weighted by molar-refractivity contribution is -0.137. The zero-order valence-electron chi connectivity index (χ0n) is 13.6. The topological polar surface area (TPSA) is 66.4 Å². The molecule has 0 aromatic heterocycles. The van der Waals surface area contributed by atoms with Crippen LogP contribution in [0.4, 0.5) is 0 Å². The van der Waals surface area contributed by atoms with Gasteiger partial charge in [-0.15, -0.1) is 0 Å². The summed E-state index contributed by atoms with van der Waals surface area (Å²) in [5.74, 6) is -0.845. The molecule has 0 radical (unpaired) electrons. The Morgan fingerprint density at radius 3 is 2.00 bits per heavy atom. The summed E-state index contributed by atoms with van der Waals surface area (Å²) in [6, 6.07) is -0.306. The van der Waals surface area contributed by atoms with E-state index in [1.54, 1.807) is 0 Å². The van der Waals surface area contributed by atoms with Crippen molar-refractivity contribution in [1.29, 1.82) is 0 Å². The second-order valence-corrected chi connectivity index (χ2v) is 5.81. The number of carboxylic acid groups (broad SMARTS) is 1. The van der Waals surface area contributed by atoms with Crippen molar-refractivity contribution in [1.82, 2.24) is 5.32 Å². The Hall–Kier alpha value is -0.900. The van der Waals surface area contributed by atoms with E-state index in [2.05, 4.69) is 12.2 Å². The fourth-order valence-corrected chi connectivity index (χ4v) is 2.40. The summed E-state index contributed by atoms with van der Waals surface area (Å²) >= 11 is 0. The van der Waals surface area contributed by atoms with E-state index in [0.717, 1.165) is 19.3 Å². The molecule has 0 fully saturated rings. The summed E-state index contributed by atoms with van der Waals surface area (Å²) in [5.41, 5.74) is 0. The van der Waals surface area contributed by atoms with Crippen molar-refractivity contribution in [3.63, 3.8) is 0 Å². The summed E-state index contributed by atoms with van der Waals surface area (Å²) in [5, 5.41) is 11.7. The van der Waals surface area contributed by atoms with Gasteiger partial charge in [-0.3, -0.25) is 4.79 Å². The normalized spacial score (nSPS) is 12.2. The Balaban J connectivity index is 3.26. The van der Waals surface area contributed by atoms with Crippen LogP contribution >= 0.6 is 0 Å². The SMILES string of the molecule is CCCCCCCCCCCCN[C@H](C=O)CCC(=O)O. The number of aliphatic carboxylic acids is 1. The molecule has 0 rings (SSSR count). The van der Waals surface area contributed by atoms with Gasteiger partial charge in [0.1, 0.15) is 6.29 Å². The molecular weight excluding hydrogens is 266 g/mol. The zero-order valence-corrected chi connectivity index (χ0v) is 13.6. The van der Waals surface area contributed by atoms with Crippen molar-refractivity contribution >= 4 is 12.3 Å². The highest BCUT2D eigenvalue weighted by Crippen LogP contribution is 2.10. The van der Waals surface area contributed by atoms with E-state index in [-0.39, 0.29) is 12.5 Å². The van der Waals surface area contributed by atoms with E-state index in [4.69, 9.17) is 5.11 Å². The monoisotopic (exact) mass is 299 g/mol. The van der Waals surface area contributed by atoms with Crippen molar-refractivity contribution in [2.75, 3.05) is 6.54 Å². The largest absolute Gasteiger partial charge is 0.481 e. The van der Waals surface area contributed by atoms with Crippen LogP contribution in [0.5, 0.6) is 0 Å². The maximum absolute atomic E-state index is 10.8. The first-order valence-corrected chi connectivity index (χ1v) is 8.61. The van der Waals surface area contributed by atoms with E-state index in [1.807, 2.05) is 0 Å². The highest BCUT2D eigenvalue weighted by molar-refractivity contribution is 5.68. The van der Waals surface area contributed by atoms with Crippen LogP contribution in [0, 0.1) is 0 Å². The molecule has 0 saturated heterocycles. The predicted octanol–water partition coefficient (Wildman–Crippen LogP) is 3.93. The molecule has 0 amide bonds. The Labute approximate surface area is 129 Å². The van der Waals surface area contributed by atoms with Crippen LogP contribution < -0.4 is 5.32 Å². The highest BCUT2D eigenvalue weighted by Gasteiger charge is 2.08. The van der Waals surface area contributed by atoms with Crippen molar-refractivity contribution in [3.8, 4) is 0 Å². The molecule has 0 aromatic rings. The molecule has 2 N–H and O–H groups in total. The number of carbonyl (C=O) groups is 2. The van der Waals surface area contributed by atoms with Crippen molar-refractivity contribution in [2.24, 2.45) is 0 Å².